The molecule has 0 aliphatic heterocycles. The van der Waals surface area contributed by atoms with Crippen molar-refractivity contribution in [2.45, 2.75) is 18.2 Å². The van der Waals surface area contributed by atoms with Crippen molar-refractivity contribution in [2.75, 3.05) is 13.3 Å². The van der Waals surface area contributed by atoms with Crippen LogP contribution >= 0.6 is 0 Å². The Morgan fingerprint density at radius 3 is 2.47 bits per heavy atom. The van der Waals surface area contributed by atoms with Gasteiger partial charge in [0, 0.05) is 0 Å². The number of hydrogen-bond donors (Lipinski definition) is 0. The molecule has 0 amide bonds. The SMILES string of the molecule is C=C(CF)CCOS(=O)(=O)c1ccc(C)cc1. The van der Waals surface area contributed by atoms with Gasteiger partial charge in [0.1, 0.15) is 6.67 Å². The van der Waals surface area contributed by atoms with Crippen molar-refractivity contribution in [1.82, 2.24) is 0 Å². The van der Waals surface area contributed by atoms with Crippen molar-refractivity contribution in [1.29, 1.82) is 0 Å². The van der Waals surface area contributed by atoms with Crippen LogP contribution in [-0.2, 0) is 14.3 Å². The molecule has 0 heterocycles. The van der Waals surface area contributed by atoms with Crippen LogP contribution in [0.2, 0.25) is 0 Å². The monoisotopic (exact) mass is 258 g/mol. The average molecular weight is 258 g/mol. The lowest BCUT2D eigenvalue weighted by Crippen LogP contribution is -2.08. The van der Waals surface area contributed by atoms with E-state index in [9.17, 15) is 12.8 Å². The lowest BCUT2D eigenvalue weighted by molar-refractivity contribution is 0.318. The Hall–Kier alpha value is -1.20. The van der Waals surface area contributed by atoms with Crippen LogP contribution in [-0.4, -0.2) is 21.7 Å². The molecule has 1 rings (SSSR count). The Balaban J connectivity index is 2.63. The summed E-state index contributed by atoms with van der Waals surface area (Å²) >= 11 is 0. The molecular weight excluding hydrogens is 243 g/mol. The summed E-state index contributed by atoms with van der Waals surface area (Å²) in [6.07, 6.45) is 0.196. The first-order valence-electron chi connectivity index (χ1n) is 5.14. The van der Waals surface area contributed by atoms with Crippen molar-refractivity contribution in [3.63, 3.8) is 0 Å². The molecule has 1 aromatic carbocycles. The van der Waals surface area contributed by atoms with Crippen LogP contribution in [0.15, 0.2) is 41.3 Å². The fourth-order valence-corrected chi connectivity index (χ4v) is 2.04. The van der Waals surface area contributed by atoms with Crippen LogP contribution in [0, 0.1) is 6.92 Å². The number of aryl methyl sites for hydroxylation is 1. The first kappa shape index (κ1) is 13.9. The third-order valence-electron chi connectivity index (χ3n) is 2.19. The van der Waals surface area contributed by atoms with E-state index in [0.29, 0.717) is 5.57 Å². The highest BCUT2D eigenvalue weighted by molar-refractivity contribution is 7.86. The van der Waals surface area contributed by atoms with Crippen LogP contribution in [0.4, 0.5) is 4.39 Å². The molecule has 17 heavy (non-hydrogen) atoms. The molecule has 0 bridgehead atoms. The van der Waals surface area contributed by atoms with Gasteiger partial charge in [-0.3, -0.25) is 4.18 Å². The summed E-state index contributed by atoms with van der Waals surface area (Å²) in [7, 11) is -3.74. The molecular formula is C12H15FO3S. The predicted octanol–water partition coefficient (Wildman–Crippen LogP) is 2.62. The summed E-state index contributed by atoms with van der Waals surface area (Å²) in [5, 5.41) is 0. The summed E-state index contributed by atoms with van der Waals surface area (Å²) in [4.78, 5) is 0.106. The standard InChI is InChI=1S/C12H15FO3S/c1-10-3-5-12(6-4-10)17(14,15)16-8-7-11(2)9-13/h3-6H,2,7-9H2,1H3. The lowest BCUT2D eigenvalue weighted by Gasteiger charge is -2.06. The topological polar surface area (TPSA) is 43.4 Å². The molecule has 94 valence electrons. The molecule has 0 fully saturated rings. The Bertz CT molecular complexity index is 477. The van der Waals surface area contributed by atoms with Crippen molar-refractivity contribution in [3.05, 3.63) is 42.0 Å². The van der Waals surface area contributed by atoms with E-state index < -0.39 is 16.8 Å². The molecule has 0 saturated carbocycles. The fourth-order valence-electron chi connectivity index (χ4n) is 1.14. The minimum Gasteiger partial charge on any atom is -0.266 e. The Kier molecular flexibility index (Phi) is 4.84. The maximum Gasteiger partial charge on any atom is 0.296 e. The quantitative estimate of drug-likeness (QED) is 0.582. The molecule has 0 saturated heterocycles. The molecule has 0 radical (unpaired) electrons. The van der Waals surface area contributed by atoms with Crippen LogP contribution in [0.5, 0.6) is 0 Å². The Morgan fingerprint density at radius 2 is 1.94 bits per heavy atom. The largest absolute Gasteiger partial charge is 0.296 e. The summed E-state index contributed by atoms with van der Waals surface area (Å²) in [5.41, 5.74) is 1.29. The number of halogens is 1. The van der Waals surface area contributed by atoms with E-state index in [1.54, 1.807) is 12.1 Å². The third kappa shape index (κ3) is 4.28. The minimum absolute atomic E-state index is 0.0844. The number of alkyl halides is 1. The zero-order valence-electron chi connectivity index (χ0n) is 9.65. The van der Waals surface area contributed by atoms with Gasteiger partial charge in [-0.2, -0.15) is 8.42 Å². The zero-order chi connectivity index (χ0) is 12.9. The van der Waals surface area contributed by atoms with Gasteiger partial charge in [0.2, 0.25) is 0 Å². The van der Waals surface area contributed by atoms with E-state index in [0.717, 1.165) is 5.56 Å². The maximum atomic E-state index is 12.1. The second-order valence-electron chi connectivity index (χ2n) is 3.72. The Labute approximate surface area is 101 Å². The summed E-state index contributed by atoms with van der Waals surface area (Å²) in [6.45, 7) is 4.55. The number of hydrogen-bond acceptors (Lipinski definition) is 3. The van der Waals surface area contributed by atoms with E-state index in [2.05, 4.69) is 6.58 Å². The second-order valence-corrected chi connectivity index (χ2v) is 5.34. The molecule has 0 spiro atoms. The van der Waals surface area contributed by atoms with Crippen LogP contribution in [0.25, 0.3) is 0 Å². The molecule has 3 nitrogen and oxygen atoms in total. The number of benzene rings is 1. The smallest absolute Gasteiger partial charge is 0.266 e. The summed E-state index contributed by atoms with van der Waals surface area (Å²) in [5.74, 6) is 0. The van der Waals surface area contributed by atoms with Crippen molar-refractivity contribution < 1.29 is 17.0 Å². The Morgan fingerprint density at radius 1 is 1.35 bits per heavy atom. The van der Waals surface area contributed by atoms with Gasteiger partial charge in [-0.1, -0.05) is 24.3 Å². The summed E-state index contributed by atoms with van der Waals surface area (Å²) in [6, 6.07) is 6.34. The predicted molar refractivity (Wildman–Crippen MR) is 64.0 cm³/mol. The van der Waals surface area contributed by atoms with Crippen LogP contribution < -0.4 is 0 Å². The average Bonchev–Trinajstić information content (AvgIpc) is 2.29. The maximum absolute atomic E-state index is 12.1. The van der Waals surface area contributed by atoms with Gasteiger partial charge in [0.25, 0.3) is 10.1 Å². The van der Waals surface area contributed by atoms with Gasteiger partial charge >= 0.3 is 0 Å². The molecule has 0 aromatic heterocycles. The minimum atomic E-state index is -3.74. The van der Waals surface area contributed by atoms with E-state index >= 15 is 0 Å². The van der Waals surface area contributed by atoms with Crippen molar-refractivity contribution in [3.8, 4) is 0 Å². The first-order chi connectivity index (χ1) is 7.95. The van der Waals surface area contributed by atoms with Crippen molar-refractivity contribution >= 4 is 10.1 Å². The first-order valence-corrected chi connectivity index (χ1v) is 6.55. The molecule has 0 unspecified atom stereocenters. The van der Waals surface area contributed by atoms with E-state index in [-0.39, 0.29) is 17.9 Å². The molecule has 5 heteroatoms. The van der Waals surface area contributed by atoms with Crippen LogP contribution in [0.1, 0.15) is 12.0 Å². The van der Waals surface area contributed by atoms with Gasteiger partial charge < -0.3 is 0 Å². The van der Waals surface area contributed by atoms with Gasteiger partial charge in [0.15, 0.2) is 0 Å². The van der Waals surface area contributed by atoms with Gasteiger partial charge in [0.05, 0.1) is 11.5 Å². The highest BCUT2D eigenvalue weighted by atomic mass is 32.2. The zero-order valence-corrected chi connectivity index (χ0v) is 10.5. The summed E-state index contributed by atoms with van der Waals surface area (Å²) < 4.78 is 40.2. The third-order valence-corrected chi connectivity index (χ3v) is 3.52. The molecule has 0 N–H and O–H groups in total. The highest BCUT2D eigenvalue weighted by Gasteiger charge is 2.14. The van der Waals surface area contributed by atoms with Crippen LogP contribution in [0.3, 0.4) is 0 Å². The molecule has 0 aliphatic carbocycles. The van der Waals surface area contributed by atoms with Gasteiger partial charge in [-0.25, -0.2) is 4.39 Å². The van der Waals surface area contributed by atoms with E-state index in [4.69, 9.17) is 4.18 Å². The molecule has 0 aliphatic rings. The normalized spacial score (nSPS) is 11.4. The second kappa shape index (κ2) is 5.93. The van der Waals surface area contributed by atoms with Gasteiger partial charge in [-0.15, -0.1) is 0 Å². The highest BCUT2D eigenvalue weighted by Crippen LogP contribution is 2.14. The molecule has 0 atom stereocenters. The molecule has 1 aromatic rings. The van der Waals surface area contributed by atoms with Gasteiger partial charge in [-0.05, 0) is 31.1 Å². The fraction of sp³-hybridized carbons (Fsp3) is 0.333. The van der Waals surface area contributed by atoms with E-state index in [1.165, 1.54) is 12.1 Å². The number of rotatable bonds is 6. The van der Waals surface area contributed by atoms with Crippen molar-refractivity contribution in [2.24, 2.45) is 0 Å². The lowest BCUT2D eigenvalue weighted by atomic mass is 10.2. The van der Waals surface area contributed by atoms with E-state index in [1.807, 2.05) is 6.92 Å².